The van der Waals surface area contributed by atoms with E-state index in [-0.39, 0.29) is 11.9 Å². The Balaban J connectivity index is 2.48. The highest BCUT2D eigenvalue weighted by Crippen LogP contribution is 2.38. The summed E-state index contributed by atoms with van der Waals surface area (Å²) < 4.78 is 0. The van der Waals surface area contributed by atoms with Crippen molar-refractivity contribution in [1.82, 2.24) is 0 Å². The highest BCUT2D eigenvalue weighted by molar-refractivity contribution is 6.05. The molecule has 3 nitrogen and oxygen atoms in total. The van der Waals surface area contributed by atoms with Crippen molar-refractivity contribution in [2.45, 2.75) is 38.6 Å². The van der Waals surface area contributed by atoms with Crippen molar-refractivity contribution in [1.29, 1.82) is 0 Å². The van der Waals surface area contributed by atoms with Gasteiger partial charge in [0.25, 0.3) is 0 Å². The smallest absolute Gasteiger partial charge is 0.234 e. The number of rotatable bonds is 2. The molecule has 3 N–H and O–H groups in total. The fraction of sp³-hybridized carbons (Fsp3) is 0.462. The fourth-order valence-electron chi connectivity index (χ4n) is 2.06. The number of nitrogens with two attached hydrogens (primary N) is 1. The normalized spacial score (nSPS) is 19.1. The number of fused-ring (bicyclic) bond motifs is 1. The Morgan fingerprint density at radius 3 is 2.75 bits per heavy atom. The molecular weight excluding hydrogens is 200 g/mol. The van der Waals surface area contributed by atoms with Crippen molar-refractivity contribution in [2.75, 3.05) is 5.32 Å². The first-order chi connectivity index (χ1) is 7.46. The molecule has 0 spiro atoms. The van der Waals surface area contributed by atoms with Gasteiger partial charge in [0, 0.05) is 11.7 Å². The van der Waals surface area contributed by atoms with Gasteiger partial charge in [-0.2, -0.15) is 0 Å². The van der Waals surface area contributed by atoms with E-state index in [2.05, 4.69) is 18.3 Å². The SMILES string of the molecule is CC[C@H](N)c1ccc2c(c1)C(C)(C)C(=O)N2. The number of amides is 1. The summed E-state index contributed by atoms with van der Waals surface area (Å²) >= 11 is 0. The zero-order valence-electron chi connectivity index (χ0n) is 10.0. The summed E-state index contributed by atoms with van der Waals surface area (Å²) in [7, 11) is 0. The van der Waals surface area contributed by atoms with E-state index >= 15 is 0 Å². The Morgan fingerprint density at radius 2 is 2.12 bits per heavy atom. The van der Waals surface area contributed by atoms with Crippen LogP contribution in [-0.4, -0.2) is 5.91 Å². The van der Waals surface area contributed by atoms with Crippen LogP contribution in [0.15, 0.2) is 18.2 Å². The van der Waals surface area contributed by atoms with Gasteiger partial charge in [0.1, 0.15) is 0 Å². The number of anilines is 1. The third-order valence-corrected chi connectivity index (χ3v) is 3.40. The maximum absolute atomic E-state index is 11.8. The summed E-state index contributed by atoms with van der Waals surface area (Å²) in [5, 5.41) is 2.89. The second-order valence-corrected chi connectivity index (χ2v) is 4.90. The summed E-state index contributed by atoms with van der Waals surface area (Å²) in [4.78, 5) is 11.8. The van der Waals surface area contributed by atoms with Crippen LogP contribution in [0, 0.1) is 0 Å². The first-order valence-corrected chi connectivity index (χ1v) is 5.68. The van der Waals surface area contributed by atoms with Crippen LogP contribution in [0.4, 0.5) is 5.69 Å². The van der Waals surface area contributed by atoms with E-state index in [9.17, 15) is 4.79 Å². The van der Waals surface area contributed by atoms with Crippen molar-refractivity contribution in [3.8, 4) is 0 Å². The van der Waals surface area contributed by atoms with E-state index in [1.165, 1.54) is 0 Å². The molecule has 16 heavy (non-hydrogen) atoms. The van der Waals surface area contributed by atoms with Crippen LogP contribution in [0.2, 0.25) is 0 Å². The molecule has 0 saturated heterocycles. The Morgan fingerprint density at radius 1 is 1.44 bits per heavy atom. The summed E-state index contributed by atoms with van der Waals surface area (Å²) in [6.45, 7) is 5.94. The maximum atomic E-state index is 11.8. The predicted molar refractivity (Wildman–Crippen MR) is 65.3 cm³/mol. The van der Waals surface area contributed by atoms with Crippen molar-refractivity contribution in [2.24, 2.45) is 5.73 Å². The van der Waals surface area contributed by atoms with E-state index in [0.29, 0.717) is 0 Å². The Kier molecular flexibility index (Phi) is 2.50. The van der Waals surface area contributed by atoms with Crippen molar-refractivity contribution in [3.05, 3.63) is 29.3 Å². The molecule has 1 aromatic carbocycles. The van der Waals surface area contributed by atoms with Gasteiger partial charge in [-0.3, -0.25) is 4.79 Å². The van der Waals surface area contributed by atoms with Crippen LogP contribution in [0.1, 0.15) is 44.4 Å². The molecule has 1 atom stereocenters. The van der Waals surface area contributed by atoms with E-state index in [1.807, 2.05) is 26.0 Å². The molecule has 0 fully saturated rings. The van der Waals surface area contributed by atoms with Gasteiger partial charge in [-0.15, -0.1) is 0 Å². The minimum Gasteiger partial charge on any atom is -0.325 e. The van der Waals surface area contributed by atoms with E-state index in [1.54, 1.807) is 0 Å². The van der Waals surface area contributed by atoms with Crippen LogP contribution in [0.25, 0.3) is 0 Å². The Labute approximate surface area is 96.0 Å². The van der Waals surface area contributed by atoms with Crippen LogP contribution in [-0.2, 0) is 10.2 Å². The van der Waals surface area contributed by atoms with Crippen LogP contribution >= 0.6 is 0 Å². The Bertz CT molecular complexity index is 438. The van der Waals surface area contributed by atoms with Gasteiger partial charge in [0.2, 0.25) is 5.91 Å². The summed E-state index contributed by atoms with van der Waals surface area (Å²) in [6, 6.07) is 6.06. The van der Waals surface area contributed by atoms with Crippen molar-refractivity contribution in [3.63, 3.8) is 0 Å². The molecule has 1 aliphatic heterocycles. The lowest BCUT2D eigenvalue weighted by Gasteiger charge is -2.17. The van der Waals surface area contributed by atoms with Crippen molar-refractivity contribution < 1.29 is 4.79 Å². The van der Waals surface area contributed by atoms with Gasteiger partial charge in [-0.25, -0.2) is 0 Å². The molecule has 1 amide bonds. The molecule has 1 heterocycles. The molecular formula is C13H18N2O. The predicted octanol–water partition coefficient (Wildman–Crippen LogP) is 2.33. The minimum absolute atomic E-state index is 0.0526. The van der Waals surface area contributed by atoms with Gasteiger partial charge in [0.05, 0.1) is 5.41 Å². The molecule has 3 heteroatoms. The molecule has 0 aliphatic carbocycles. The monoisotopic (exact) mass is 218 g/mol. The third-order valence-electron chi connectivity index (χ3n) is 3.40. The molecule has 0 aromatic heterocycles. The zero-order chi connectivity index (χ0) is 11.9. The highest BCUT2D eigenvalue weighted by atomic mass is 16.2. The molecule has 86 valence electrons. The molecule has 2 rings (SSSR count). The van der Waals surface area contributed by atoms with E-state index < -0.39 is 5.41 Å². The number of nitrogens with one attached hydrogen (secondary N) is 1. The molecule has 1 aromatic rings. The number of hydrogen-bond donors (Lipinski definition) is 2. The first kappa shape index (κ1) is 11.1. The van der Waals surface area contributed by atoms with Crippen LogP contribution in [0.5, 0.6) is 0 Å². The third kappa shape index (κ3) is 1.52. The minimum atomic E-state index is -0.446. The van der Waals surface area contributed by atoms with Gasteiger partial charge in [0.15, 0.2) is 0 Å². The highest BCUT2D eigenvalue weighted by Gasteiger charge is 2.38. The van der Waals surface area contributed by atoms with Crippen molar-refractivity contribution >= 4 is 11.6 Å². The largest absolute Gasteiger partial charge is 0.325 e. The molecule has 1 aliphatic rings. The summed E-state index contributed by atoms with van der Waals surface area (Å²) in [5.41, 5.74) is 8.64. The number of carbonyl (C=O) groups excluding carboxylic acids is 1. The topological polar surface area (TPSA) is 55.1 Å². The van der Waals surface area contributed by atoms with Gasteiger partial charge < -0.3 is 11.1 Å². The molecule has 0 bridgehead atoms. The molecule has 0 unspecified atom stereocenters. The lowest BCUT2D eigenvalue weighted by molar-refractivity contribution is -0.119. The maximum Gasteiger partial charge on any atom is 0.234 e. The van der Waals surface area contributed by atoms with Gasteiger partial charge >= 0.3 is 0 Å². The second kappa shape index (κ2) is 3.59. The Hall–Kier alpha value is -1.35. The van der Waals surface area contributed by atoms with Gasteiger partial charge in [-0.1, -0.05) is 19.1 Å². The fourth-order valence-corrected chi connectivity index (χ4v) is 2.06. The van der Waals surface area contributed by atoms with E-state index in [0.717, 1.165) is 23.2 Å². The van der Waals surface area contributed by atoms with E-state index in [4.69, 9.17) is 5.73 Å². The average Bonchev–Trinajstić information content (AvgIpc) is 2.49. The quantitative estimate of drug-likeness (QED) is 0.800. The van der Waals surface area contributed by atoms with Gasteiger partial charge in [-0.05, 0) is 37.5 Å². The number of carbonyl (C=O) groups is 1. The number of hydrogen-bond acceptors (Lipinski definition) is 2. The molecule has 0 saturated carbocycles. The zero-order valence-corrected chi connectivity index (χ0v) is 10.0. The molecule has 0 radical (unpaired) electrons. The summed E-state index contributed by atoms with van der Waals surface area (Å²) in [5.74, 6) is 0.0599. The first-order valence-electron chi connectivity index (χ1n) is 5.68. The standard InChI is InChI=1S/C13H18N2O/c1-4-10(14)8-5-6-11-9(7-8)13(2,3)12(16)15-11/h5-7,10H,4,14H2,1-3H3,(H,15,16)/t10-/m0/s1. The lowest BCUT2D eigenvalue weighted by Crippen LogP contribution is -2.27. The summed E-state index contributed by atoms with van der Waals surface area (Å²) in [6.07, 6.45) is 0.903. The lowest BCUT2D eigenvalue weighted by atomic mass is 9.84. The second-order valence-electron chi connectivity index (χ2n) is 4.90. The average molecular weight is 218 g/mol. The van der Waals surface area contributed by atoms with Crippen LogP contribution < -0.4 is 11.1 Å². The van der Waals surface area contributed by atoms with Crippen LogP contribution in [0.3, 0.4) is 0 Å². The number of benzene rings is 1.